The third kappa shape index (κ3) is 4.64. The van der Waals surface area contributed by atoms with Gasteiger partial charge in [0.1, 0.15) is 11.4 Å². The number of hydrogen-bond acceptors (Lipinski definition) is 3. The van der Waals surface area contributed by atoms with E-state index < -0.39 is 17.2 Å². The number of rotatable bonds is 5. The van der Waals surface area contributed by atoms with Gasteiger partial charge in [-0.15, -0.1) is 0 Å². The molecule has 1 atom stereocenters. The molecule has 1 aliphatic rings. The summed E-state index contributed by atoms with van der Waals surface area (Å²) in [4.78, 5) is 33.6. The minimum Gasteiger partial charge on any atom is -0.338 e. The normalized spacial score (nSPS) is 17.2. The molecule has 0 radical (unpaired) electrons. The van der Waals surface area contributed by atoms with Gasteiger partial charge in [-0.05, 0) is 49.3 Å². The van der Waals surface area contributed by atoms with Gasteiger partial charge in [-0.1, -0.05) is 19.9 Å². The molecule has 1 aromatic carbocycles. The highest BCUT2D eigenvalue weighted by Gasteiger charge is 2.26. The van der Waals surface area contributed by atoms with Crippen molar-refractivity contribution in [1.29, 1.82) is 0 Å². The molecule has 1 saturated heterocycles. The number of aromatic nitrogens is 2. The van der Waals surface area contributed by atoms with Crippen LogP contribution in [-0.2, 0) is 6.42 Å². The Balaban J connectivity index is 1.63. The molecular weight excluding hydrogens is 364 g/mol. The van der Waals surface area contributed by atoms with E-state index in [2.05, 4.69) is 9.97 Å². The first-order chi connectivity index (χ1) is 13.3. The van der Waals surface area contributed by atoms with E-state index in [4.69, 9.17) is 0 Å². The predicted molar refractivity (Wildman–Crippen MR) is 102 cm³/mol. The molecule has 1 aromatic heterocycles. The largest absolute Gasteiger partial charge is 0.338 e. The van der Waals surface area contributed by atoms with Crippen LogP contribution in [0.5, 0.6) is 0 Å². The minimum absolute atomic E-state index is 0.0608. The van der Waals surface area contributed by atoms with Gasteiger partial charge in [0.2, 0.25) is 0 Å². The van der Waals surface area contributed by atoms with Crippen LogP contribution >= 0.6 is 0 Å². The van der Waals surface area contributed by atoms with Crippen molar-refractivity contribution < 1.29 is 13.6 Å². The number of aryl methyl sites for hydroxylation is 1. The minimum atomic E-state index is -0.847. The van der Waals surface area contributed by atoms with Crippen LogP contribution in [0.1, 0.15) is 60.8 Å². The van der Waals surface area contributed by atoms with Crippen molar-refractivity contribution in [3.05, 3.63) is 63.3 Å². The standard InChI is InChI=1S/C21H25F2N3O2/c1-13(2)19-24-11-16(20(27)25-19)21(28)26-9-3-4-15(12-26)6-5-14-7-8-17(22)18(23)10-14/h7-8,10-11,13,15H,3-6,9,12H2,1-2H3,(H,24,25,27)/t15-/m0/s1. The molecule has 1 fully saturated rings. The fourth-order valence-electron chi connectivity index (χ4n) is 3.58. The van der Waals surface area contributed by atoms with Gasteiger partial charge in [-0.2, -0.15) is 0 Å². The number of carbonyl (C=O) groups is 1. The zero-order chi connectivity index (χ0) is 20.3. The summed E-state index contributed by atoms with van der Waals surface area (Å²) >= 11 is 0. The van der Waals surface area contributed by atoms with E-state index in [0.29, 0.717) is 25.3 Å². The van der Waals surface area contributed by atoms with Gasteiger partial charge >= 0.3 is 0 Å². The number of halogens is 2. The molecule has 0 bridgehead atoms. The summed E-state index contributed by atoms with van der Waals surface area (Å²) in [7, 11) is 0. The molecule has 28 heavy (non-hydrogen) atoms. The van der Waals surface area contributed by atoms with E-state index in [0.717, 1.165) is 30.9 Å². The van der Waals surface area contributed by atoms with Crippen molar-refractivity contribution in [2.45, 2.75) is 45.4 Å². The number of aromatic amines is 1. The molecule has 0 unspecified atom stereocenters. The lowest BCUT2D eigenvalue weighted by Crippen LogP contribution is -2.42. The van der Waals surface area contributed by atoms with Crippen molar-refractivity contribution >= 4 is 5.91 Å². The highest BCUT2D eigenvalue weighted by atomic mass is 19.2. The van der Waals surface area contributed by atoms with E-state index in [9.17, 15) is 18.4 Å². The Bertz CT molecular complexity index is 911. The van der Waals surface area contributed by atoms with Gasteiger partial charge in [-0.3, -0.25) is 9.59 Å². The molecular formula is C21H25F2N3O2. The molecule has 7 heteroatoms. The number of amides is 1. The Labute approximate surface area is 162 Å². The van der Waals surface area contributed by atoms with Gasteiger partial charge in [0, 0.05) is 25.2 Å². The summed E-state index contributed by atoms with van der Waals surface area (Å²) < 4.78 is 26.4. The maximum Gasteiger partial charge on any atom is 0.263 e. The number of nitrogens with zero attached hydrogens (tertiary/aromatic N) is 2. The fraction of sp³-hybridized carbons (Fsp3) is 0.476. The fourth-order valence-corrected chi connectivity index (χ4v) is 3.58. The second kappa shape index (κ2) is 8.63. The molecule has 1 N–H and O–H groups in total. The third-order valence-electron chi connectivity index (χ3n) is 5.23. The van der Waals surface area contributed by atoms with Gasteiger partial charge in [0.25, 0.3) is 11.5 Å². The monoisotopic (exact) mass is 389 g/mol. The second-order valence-corrected chi connectivity index (χ2v) is 7.71. The number of likely N-dealkylation sites (tertiary alicyclic amines) is 1. The Kier molecular flexibility index (Phi) is 6.21. The van der Waals surface area contributed by atoms with Crippen molar-refractivity contribution in [3.63, 3.8) is 0 Å². The van der Waals surface area contributed by atoms with E-state index >= 15 is 0 Å². The molecule has 0 aliphatic carbocycles. The van der Waals surface area contributed by atoms with Gasteiger partial charge in [0.15, 0.2) is 11.6 Å². The number of H-pyrrole nitrogens is 1. The van der Waals surface area contributed by atoms with E-state index in [1.807, 2.05) is 13.8 Å². The van der Waals surface area contributed by atoms with E-state index in [1.54, 1.807) is 11.0 Å². The topological polar surface area (TPSA) is 66.1 Å². The first-order valence-corrected chi connectivity index (χ1v) is 9.67. The van der Waals surface area contributed by atoms with Gasteiger partial charge in [0.05, 0.1) is 0 Å². The predicted octanol–water partition coefficient (Wildman–Crippen LogP) is 3.66. The van der Waals surface area contributed by atoms with Crippen molar-refractivity contribution in [3.8, 4) is 0 Å². The van der Waals surface area contributed by atoms with Crippen LogP contribution in [0.3, 0.4) is 0 Å². The SMILES string of the molecule is CC(C)c1ncc(C(=O)N2CCC[C@@H](CCc3ccc(F)c(F)c3)C2)c(=O)[nH]1. The summed E-state index contributed by atoms with van der Waals surface area (Å²) in [6, 6.07) is 3.95. The molecule has 1 amide bonds. The van der Waals surface area contributed by atoms with Crippen LogP contribution < -0.4 is 5.56 Å². The lowest BCUT2D eigenvalue weighted by Gasteiger charge is -2.32. The third-order valence-corrected chi connectivity index (χ3v) is 5.23. The molecule has 2 heterocycles. The van der Waals surface area contributed by atoms with Crippen molar-refractivity contribution in [2.24, 2.45) is 5.92 Å². The molecule has 0 spiro atoms. The zero-order valence-electron chi connectivity index (χ0n) is 16.2. The summed E-state index contributed by atoms with van der Waals surface area (Å²) in [5, 5.41) is 0. The van der Waals surface area contributed by atoms with Crippen LogP contribution in [0.4, 0.5) is 8.78 Å². The lowest BCUT2D eigenvalue weighted by atomic mass is 9.91. The zero-order valence-corrected chi connectivity index (χ0v) is 16.2. The number of benzene rings is 1. The smallest absolute Gasteiger partial charge is 0.263 e. The Hall–Kier alpha value is -2.57. The number of hydrogen-bond donors (Lipinski definition) is 1. The summed E-state index contributed by atoms with van der Waals surface area (Å²) in [6.45, 7) is 4.99. The molecule has 1 aliphatic heterocycles. The van der Waals surface area contributed by atoms with Crippen molar-refractivity contribution in [1.82, 2.24) is 14.9 Å². The van der Waals surface area contributed by atoms with Gasteiger partial charge < -0.3 is 9.88 Å². The molecule has 2 aromatic rings. The van der Waals surface area contributed by atoms with E-state index in [1.165, 1.54) is 12.3 Å². The van der Waals surface area contributed by atoms with Crippen LogP contribution in [0.15, 0.2) is 29.2 Å². The van der Waals surface area contributed by atoms with E-state index in [-0.39, 0.29) is 23.3 Å². The first-order valence-electron chi connectivity index (χ1n) is 9.67. The Morgan fingerprint density at radius 3 is 2.79 bits per heavy atom. The highest BCUT2D eigenvalue weighted by Crippen LogP contribution is 2.23. The number of nitrogens with one attached hydrogen (secondary N) is 1. The summed E-state index contributed by atoms with van der Waals surface area (Å²) in [5.41, 5.74) is 0.394. The maximum atomic E-state index is 13.4. The van der Waals surface area contributed by atoms with Crippen LogP contribution in [-0.4, -0.2) is 33.9 Å². The maximum absolute atomic E-state index is 13.4. The first kappa shape index (κ1) is 20.2. The Morgan fingerprint density at radius 1 is 1.32 bits per heavy atom. The van der Waals surface area contributed by atoms with Crippen LogP contribution in [0.2, 0.25) is 0 Å². The molecule has 5 nitrogen and oxygen atoms in total. The van der Waals surface area contributed by atoms with Crippen molar-refractivity contribution in [2.75, 3.05) is 13.1 Å². The Morgan fingerprint density at radius 2 is 2.11 bits per heavy atom. The van der Waals surface area contributed by atoms with Crippen LogP contribution in [0, 0.1) is 17.6 Å². The average molecular weight is 389 g/mol. The average Bonchev–Trinajstić information content (AvgIpc) is 2.68. The highest BCUT2D eigenvalue weighted by molar-refractivity contribution is 5.93. The molecule has 0 saturated carbocycles. The van der Waals surface area contributed by atoms with Crippen LogP contribution in [0.25, 0.3) is 0 Å². The number of carbonyl (C=O) groups excluding carboxylic acids is 1. The molecule has 3 rings (SSSR count). The lowest BCUT2D eigenvalue weighted by molar-refractivity contribution is 0.0666. The quantitative estimate of drug-likeness (QED) is 0.849. The second-order valence-electron chi connectivity index (χ2n) is 7.71. The number of piperidine rings is 1. The molecule has 150 valence electrons. The van der Waals surface area contributed by atoms with Gasteiger partial charge in [-0.25, -0.2) is 13.8 Å². The summed E-state index contributed by atoms with van der Waals surface area (Å²) in [5.74, 6) is -1.10. The summed E-state index contributed by atoms with van der Waals surface area (Å²) in [6.07, 6.45) is 4.57.